The molecule has 3 rings (SSSR count). The number of carbonyl (C=O) groups excluding carboxylic acids is 1. The zero-order valence-electron chi connectivity index (χ0n) is 8.39. The van der Waals surface area contributed by atoms with Crippen LogP contribution in [0.3, 0.4) is 0 Å². The smallest absolute Gasteiger partial charge is 0.166 e. The predicted molar refractivity (Wildman–Crippen MR) is 56.9 cm³/mol. The van der Waals surface area contributed by atoms with Crippen LogP contribution in [-0.4, -0.2) is 15.2 Å². The highest BCUT2D eigenvalue weighted by Gasteiger charge is 2.26. The van der Waals surface area contributed by atoms with Crippen LogP contribution < -0.4 is 0 Å². The van der Waals surface area contributed by atoms with Gasteiger partial charge in [0, 0.05) is 30.1 Å². The second kappa shape index (κ2) is 3.19. The molecule has 1 aliphatic rings. The summed E-state index contributed by atoms with van der Waals surface area (Å²) < 4.78 is 1.91. The highest BCUT2D eigenvalue weighted by molar-refractivity contribution is 5.98. The van der Waals surface area contributed by atoms with Gasteiger partial charge in [-0.3, -0.25) is 4.79 Å². The summed E-state index contributed by atoms with van der Waals surface area (Å²) in [5, 5.41) is 0. The molecule has 1 fully saturated rings. The molecule has 0 amide bonds. The summed E-state index contributed by atoms with van der Waals surface area (Å²) in [7, 11) is 0. The molecule has 0 N–H and O–H groups in total. The maximum absolute atomic E-state index is 12.0. The standard InChI is InChI=1S/C12H12N2O/c15-12(9-2-1-3-9)10-4-6-14-7-5-13-11(14)8-10/h4-9H,1-3H2. The number of imidazole rings is 1. The Hall–Kier alpha value is -1.64. The maximum atomic E-state index is 12.0. The van der Waals surface area contributed by atoms with Crippen LogP contribution in [0.15, 0.2) is 30.7 Å². The summed E-state index contributed by atoms with van der Waals surface area (Å²) in [6.07, 6.45) is 8.83. The third-order valence-electron chi connectivity index (χ3n) is 3.16. The molecule has 0 bridgehead atoms. The van der Waals surface area contributed by atoms with E-state index >= 15 is 0 Å². The van der Waals surface area contributed by atoms with Crippen LogP contribution in [0.4, 0.5) is 0 Å². The van der Waals surface area contributed by atoms with Gasteiger partial charge < -0.3 is 4.40 Å². The first-order valence-electron chi connectivity index (χ1n) is 5.31. The first-order chi connectivity index (χ1) is 7.34. The lowest BCUT2D eigenvalue weighted by molar-refractivity contribution is 0.0855. The molecule has 3 nitrogen and oxygen atoms in total. The Morgan fingerprint density at radius 1 is 1.40 bits per heavy atom. The normalized spacial score (nSPS) is 16.5. The van der Waals surface area contributed by atoms with Crippen molar-refractivity contribution in [1.29, 1.82) is 0 Å². The Kier molecular flexibility index (Phi) is 1.84. The van der Waals surface area contributed by atoms with Crippen molar-refractivity contribution in [1.82, 2.24) is 9.38 Å². The SMILES string of the molecule is O=C(c1ccn2ccnc2c1)C1CCC1. The van der Waals surface area contributed by atoms with Gasteiger partial charge in [-0.25, -0.2) is 4.98 Å². The maximum Gasteiger partial charge on any atom is 0.166 e. The molecule has 2 aromatic rings. The highest BCUT2D eigenvalue weighted by Crippen LogP contribution is 2.29. The number of rotatable bonds is 2. The minimum Gasteiger partial charge on any atom is -0.307 e. The average Bonchev–Trinajstić information content (AvgIpc) is 2.61. The first-order valence-corrected chi connectivity index (χ1v) is 5.31. The van der Waals surface area contributed by atoms with Gasteiger partial charge in [0.25, 0.3) is 0 Å². The minimum atomic E-state index is 0.266. The van der Waals surface area contributed by atoms with Crippen LogP contribution >= 0.6 is 0 Å². The quantitative estimate of drug-likeness (QED) is 0.697. The lowest BCUT2D eigenvalue weighted by Gasteiger charge is -2.23. The van der Waals surface area contributed by atoms with Gasteiger partial charge in [-0.1, -0.05) is 6.42 Å². The molecule has 0 aromatic carbocycles. The number of nitrogens with zero attached hydrogens (tertiary/aromatic N) is 2. The number of hydrogen-bond acceptors (Lipinski definition) is 2. The van der Waals surface area contributed by atoms with E-state index < -0.39 is 0 Å². The third kappa shape index (κ3) is 1.35. The van der Waals surface area contributed by atoms with Crippen LogP contribution in [0.1, 0.15) is 29.6 Å². The van der Waals surface area contributed by atoms with Crippen molar-refractivity contribution < 1.29 is 4.79 Å². The van der Waals surface area contributed by atoms with E-state index in [9.17, 15) is 4.79 Å². The number of hydrogen-bond donors (Lipinski definition) is 0. The molecular weight excluding hydrogens is 188 g/mol. The molecule has 2 aromatic heterocycles. The fraction of sp³-hybridized carbons (Fsp3) is 0.333. The van der Waals surface area contributed by atoms with Gasteiger partial charge in [-0.05, 0) is 25.0 Å². The van der Waals surface area contributed by atoms with Crippen LogP contribution in [0.5, 0.6) is 0 Å². The molecule has 76 valence electrons. The molecule has 0 saturated heterocycles. The van der Waals surface area contributed by atoms with E-state index in [1.54, 1.807) is 6.20 Å². The van der Waals surface area contributed by atoms with Crippen LogP contribution in [0.2, 0.25) is 0 Å². The van der Waals surface area contributed by atoms with Crippen molar-refractivity contribution >= 4 is 11.4 Å². The zero-order chi connectivity index (χ0) is 10.3. The van der Waals surface area contributed by atoms with Crippen molar-refractivity contribution in [2.45, 2.75) is 19.3 Å². The van der Waals surface area contributed by atoms with Crippen molar-refractivity contribution in [2.75, 3.05) is 0 Å². The van der Waals surface area contributed by atoms with Gasteiger partial charge in [0.1, 0.15) is 5.65 Å². The lowest BCUT2D eigenvalue weighted by Crippen LogP contribution is -2.21. The number of pyridine rings is 1. The fourth-order valence-electron chi connectivity index (χ4n) is 1.97. The van der Waals surface area contributed by atoms with Crippen molar-refractivity contribution in [3.05, 3.63) is 36.3 Å². The summed E-state index contributed by atoms with van der Waals surface area (Å²) >= 11 is 0. The Morgan fingerprint density at radius 2 is 2.27 bits per heavy atom. The van der Waals surface area contributed by atoms with Crippen molar-refractivity contribution in [3.63, 3.8) is 0 Å². The predicted octanol–water partition coefficient (Wildman–Crippen LogP) is 2.32. The molecule has 2 heterocycles. The monoisotopic (exact) mass is 200 g/mol. The summed E-state index contributed by atoms with van der Waals surface area (Å²) in [4.78, 5) is 16.1. The molecule has 0 aliphatic heterocycles. The third-order valence-corrected chi connectivity index (χ3v) is 3.16. The first kappa shape index (κ1) is 8.65. The van der Waals surface area contributed by atoms with Crippen LogP contribution in [-0.2, 0) is 0 Å². The summed E-state index contributed by atoms with van der Waals surface area (Å²) in [6, 6.07) is 3.76. The molecule has 15 heavy (non-hydrogen) atoms. The second-order valence-electron chi connectivity index (χ2n) is 4.10. The van der Waals surface area contributed by atoms with Crippen LogP contribution in [0, 0.1) is 5.92 Å². The minimum absolute atomic E-state index is 0.266. The zero-order valence-corrected chi connectivity index (χ0v) is 8.39. The van der Waals surface area contributed by atoms with E-state index in [4.69, 9.17) is 0 Å². The second-order valence-corrected chi connectivity index (χ2v) is 4.10. The van der Waals surface area contributed by atoms with E-state index in [0.717, 1.165) is 24.1 Å². The number of fused-ring (bicyclic) bond motifs is 1. The van der Waals surface area contributed by atoms with E-state index in [-0.39, 0.29) is 11.7 Å². The number of carbonyl (C=O) groups is 1. The van der Waals surface area contributed by atoms with E-state index in [0.29, 0.717) is 0 Å². The summed E-state index contributed by atoms with van der Waals surface area (Å²) in [5.74, 6) is 0.550. The number of aromatic nitrogens is 2. The topological polar surface area (TPSA) is 34.4 Å². The van der Waals surface area contributed by atoms with E-state index in [2.05, 4.69) is 4.98 Å². The Morgan fingerprint density at radius 3 is 3.00 bits per heavy atom. The summed E-state index contributed by atoms with van der Waals surface area (Å²) in [5.41, 5.74) is 1.65. The largest absolute Gasteiger partial charge is 0.307 e. The molecule has 0 atom stereocenters. The molecular formula is C12H12N2O. The number of ketones is 1. The Labute approximate surface area is 87.7 Å². The van der Waals surface area contributed by atoms with E-state index in [1.807, 2.05) is 28.9 Å². The van der Waals surface area contributed by atoms with Crippen molar-refractivity contribution in [2.24, 2.45) is 5.92 Å². The molecule has 0 spiro atoms. The van der Waals surface area contributed by atoms with Gasteiger partial charge in [-0.15, -0.1) is 0 Å². The Balaban J connectivity index is 1.99. The fourth-order valence-corrected chi connectivity index (χ4v) is 1.97. The molecule has 0 unspecified atom stereocenters. The molecule has 1 aliphatic carbocycles. The van der Waals surface area contributed by atoms with Gasteiger partial charge in [0.2, 0.25) is 0 Å². The van der Waals surface area contributed by atoms with Gasteiger partial charge >= 0.3 is 0 Å². The van der Waals surface area contributed by atoms with Gasteiger partial charge in [-0.2, -0.15) is 0 Å². The van der Waals surface area contributed by atoms with Crippen LogP contribution in [0.25, 0.3) is 5.65 Å². The van der Waals surface area contributed by atoms with Gasteiger partial charge in [0.05, 0.1) is 0 Å². The molecule has 3 heteroatoms. The lowest BCUT2D eigenvalue weighted by atomic mass is 9.80. The van der Waals surface area contributed by atoms with E-state index in [1.165, 1.54) is 6.42 Å². The Bertz CT molecular complexity index is 511. The van der Waals surface area contributed by atoms with Gasteiger partial charge in [0.15, 0.2) is 5.78 Å². The molecule has 1 saturated carbocycles. The average molecular weight is 200 g/mol. The highest BCUT2D eigenvalue weighted by atomic mass is 16.1. The summed E-state index contributed by atoms with van der Waals surface area (Å²) in [6.45, 7) is 0. The van der Waals surface area contributed by atoms with Crippen molar-refractivity contribution in [3.8, 4) is 0 Å². The number of Topliss-reactive ketones (excluding diaryl/α,β-unsaturated/α-hetero) is 1. The molecule has 0 radical (unpaired) electrons.